The minimum absolute atomic E-state index is 0.296. The number of aliphatic hydroxyl groups is 1. The van der Waals surface area contributed by atoms with Crippen LogP contribution in [0.5, 0.6) is 0 Å². The summed E-state index contributed by atoms with van der Waals surface area (Å²) in [7, 11) is 0. The molecule has 3 nitrogen and oxygen atoms in total. The van der Waals surface area contributed by atoms with Crippen LogP contribution in [0.1, 0.15) is 46.5 Å². The average Bonchev–Trinajstić information content (AvgIpc) is 2.43. The normalized spacial score (nSPS) is 22.7. The number of hydrogen-bond acceptors (Lipinski definition) is 3. The van der Waals surface area contributed by atoms with Crippen molar-refractivity contribution in [2.45, 2.75) is 52.6 Å². The van der Waals surface area contributed by atoms with Crippen LogP contribution in [-0.4, -0.2) is 23.8 Å². The molecule has 0 aromatic rings. The Morgan fingerprint density at radius 3 is 2.95 bits per heavy atom. The summed E-state index contributed by atoms with van der Waals surface area (Å²) in [6.07, 6.45) is 8.28. The molecule has 0 bridgehead atoms. The summed E-state index contributed by atoms with van der Waals surface area (Å²) >= 11 is 0. The first-order valence-corrected chi connectivity index (χ1v) is 7.73. The van der Waals surface area contributed by atoms with Gasteiger partial charge < -0.3 is 9.84 Å². The summed E-state index contributed by atoms with van der Waals surface area (Å²) in [6.45, 7) is 6.35. The van der Waals surface area contributed by atoms with Gasteiger partial charge in [0, 0.05) is 6.42 Å². The molecule has 1 rings (SSSR count). The van der Waals surface area contributed by atoms with Gasteiger partial charge >= 0.3 is 5.97 Å². The highest BCUT2D eigenvalue weighted by Gasteiger charge is 2.15. The highest BCUT2D eigenvalue weighted by atomic mass is 16.5. The van der Waals surface area contributed by atoms with E-state index in [0.717, 1.165) is 18.4 Å². The Bertz CT molecular complexity index is 449. The lowest BCUT2D eigenvalue weighted by atomic mass is 9.95. The first-order chi connectivity index (χ1) is 10.0. The van der Waals surface area contributed by atoms with Crippen LogP contribution in [0.4, 0.5) is 0 Å². The highest BCUT2D eigenvalue weighted by Crippen LogP contribution is 2.18. The average molecular weight is 290 g/mol. The number of carbonyl (C=O) groups is 1. The van der Waals surface area contributed by atoms with Crippen molar-refractivity contribution in [1.29, 1.82) is 0 Å². The summed E-state index contributed by atoms with van der Waals surface area (Å²) in [6, 6.07) is 0. The third-order valence-corrected chi connectivity index (χ3v) is 3.28. The number of allylic oxidation sites excluding steroid dienone is 2. The summed E-state index contributed by atoms with van der Waals surface area (Å²) in [5, 5.41) is 10.3. The van der Waals surface area contributed by atoms with E-state index in [9.17, 15) is 9.90 Å². The van der Waals surface area contributed by atoms with Gasteiger partial charge in [-0.2, -0.15) is 0 Å². The third kappa shape index (κ3) is 6.64. The van der Waals surface area contributed by atoms with E-state index in [2.05, 4.69) is 31.8 Å². The number of ether oxygens (including phenoxy) is 1. The van der Waals surface area contributed by atoms with Crippen LogP contribution in [0.3, 0.4) is 0 Å². The fraction of sp³-hybridized carbons (Fsp3) is 0.611. The topological polar surface area (TPSA) is 46.5 Å². The lowest BCUT2D eigenvalue weighted by Gasteiger charge is -2.16. The predicted octanol–water partition coefficient (Wildman–Crippen LogP) is 3.24. The molecule has 0 heterocycles. The Balaban J connectivity index is 2.76. The van der Waals surface area contributed by atoms with Crippen LogP contribution in [0, 0.1) is 23.7 Å². The fourth-order valence-corrected chi connectivity index (χ4v) is 2.22. The van der Waals surface area contributed by atoms with E-state index in [1.54, 1.807) is 13.0 Å². The van der Waals surface area contributed by atoms with Gasteiger partial charge in [0.05, 0.1) is 12.7 Å². The summed E-state index contributed by atoms with van der Waals surface area (Å²) < 4.78 is 5.02. The van der Waals surface area contributed by atoms with Crippen LogP contribution in [0.2, 0.25) is 0 Å². The molecule has 0 saturated carbocycles. The van der Waals surface area contributed by atoms with Crippen molar-refractivity contribution in [2.75, 3.05) is 6.61 Å². The van der Waals surface area contributed by atoms with Crippen LogP contribution in [-0.2, 0) is 9.53 Å². The molecular weight excluding hydrogens is 264 g/mol. The third-order valence-electron chi connectivity index (χ3n) is 3.28. The zero-order valence-corrected chi connectivity index (χ0v) is 13.3. The van der Waals surface area contributed by atoms with Crippen molar-refractivity contribution in [2.24, 2.45) is 11.8 Å². The number of aliphatic hydroxyl groups excluding tert-OH is 1. The van der Waals surface area contributed by atoms with E-state index in [1.807, 2.05) is 6.08 Å². The molecule has 2 atom stereocenters. The van der Waals surface area contributed by atoms with Gasteiger partial charge in [-0.15, -0.1) is 5.92 Å². The smallest absolute Gasteiger partial charge is 0.325 e. The zero-order chi connectivity index (χ0) is 15.7. The molecule has 21 heavy (non-hydrogen) atoms. The predicted molar refractivity (Wildman–Crippen MR) is 84.4 cm³/mol. The SMILES string of the molecule is CCOC(=O)C1C#CCC/C=C(/C(O)CC(C)C)CC=C1. The molecule has 0 fully saturated rings. The molecule has 0 spiro atoms. The van der Waals surface area contributed by atoms with Crippen molar-refractivity contribution >= 4 is 5.97 Å². The number of carbonyl (C=O) groups excluding carboxylic acids is 1. The molecule has 0 saturated heterocycles. The van der Waals surface area contributed by atoms with Crippen LogP contribution >= 0.6 is 0 Å². The monoisotopic (exact) mass is 290 g/mol. The van der Waals surface area contributed by atoms with Crippen molar-refractivity contribution in [3.63, 3.8) is 0 Å². The van der Waals surface area contributed by atoms with Crippen LogP contribution in [0.25, 0.3) is 0 Å². The molecular formula is C18H26O3. The van der Waals surface area contributed by atoms with Gasteiger partial charge in [0.15, 0.2) is 0 Å². The molecule has 116 valence electrons. The lowest BCUT2D eigenvalue weighted by Crippen LogP contribution is -2.15. The lowest BCUT2D eigenvalue weighted by molar-refractivity contribution is -0.144. The summed E-state index contributed by atoms with van der Waals surface area (Å²) in [5.74, 6) is 5.62. The second-order valence-corrected chi connectivity index (χ2v) is 5.65. The zero-order valence-electron chi connectivity index (χ0n) is 13.3. The van der Waals surface area contributed by atoms with Crippen LogP contribution < -0.4 is 0 Å². The molecule has 0 aliphatic heterocycles. The Morgan fingerprint density at radius 1 is 1.52 bits per heavy atom. The molecule has 3 heteroatoms. The van der Waals surface area contributed by atoms with E-state index in [1.165, 1.54) is 0 Å². The van der Waals surface area contributed by atoms with Gasteiger partial charge in [0.2, 0.25) is 0 Å². The molecule has 1 N–H and O–H groups in total. The fourth-order valence-electron chi connectivity index (χ4n) is 2.22. The van der Waals surface area contributed by atoms with Crippen molar-refractivity contribution in [3.8, 4) is 11.8 Å². The van der Waals surface area contributed by atoms with Crippen molar-refractivity contribution in [1.82, 2.24) is 0 Å². The molecule has 1 aliphatic rings. The second kappa shape index (κ2) is 9.41. The van der Waals surface area contributed by atoms with Gasteiger partial charge in [0.1, 0.15) is 5.92 Å². The van der Waals surface area contributed by atoms with Gasteiger partial charge in [0.25, 0.3) is 0 Å². The number of esters is 1. The van der Waals surface area contributed by atoms with Gasteiger partial charge in [-0.1, -0.05) is 38.0 Å². The Labute approximate surface area is 128 Å². The molecule has 0 aromatic heterocycles. The first-order valence-electron chi connectivity index (χ1n) is 7.73. The largest absolute Gasteiger partial charge is 0.465 e. The van der Waals surface area contributed by atoms with Crippen molar-refractivity contribution < 1.29 is 14.6 Å². The molecule has 2 unspecified atom stereocenters. The molecule has 0 aromatic carbocycles. The van der Waals surface area contributed by atoms with E-state index < -0.39 is 12.0 Å². The number of rotatable bonds is 5. The number of hydrogen-bond donors (Lipinski definition) is 1. The molecule has 1 aliphatic carbocycles. The van der Waals surface area contributed by atoms with Crippen molar-refractivity contribution in [3.05, 3.63) is 23.8 Å². The maximum Gasteiger partial charge on any atom is 0.325 e. The maximum atomic E-state index is 11.8. The van der Waals surface area contributed by atoms with E-state index >= 15 is 0 Å². The highest BCUT2D eigenvalue weighted by molar-refractivity contribution is 5.77. The van der Waals surface area contributed by atoms with Gasteiger partial charge in [-0.25, -0.2) is 0 Å². The molecule has 0 amide bonds. The van der Waals surface area contributed by atoms with Gasteiger partial charge in [-0.3, -0.25) is 4.79 Å². The quantitative estimate of drug-likeness (QED) is 0.480. The Hall–Kier alpha value is -1.53. The minimum atomic E-state index is -0.494. The van der Waals surface area contributed by atoms with E-state index in [0.29, 0.717) is 25.4 Å². The summed E-state index contributed by atoms with van der Waals surface area (Å²) in [4.78, 5) is 11.8. The van der Waals surface area contributed by atoms with E-state index in [-0.39, 0.29) is 5.97 Å². The molecule has 0 radical (unpaired) electrons. The standard InChI is InChI=1S/C18H26O3/c1-4-21-18(20)16-10-7-5-6-9-15(11-8-12-16)17(19)13-14(2)3/h8-9,12,14,16-17,19H,4-6,11,13H2,1-3H3/b12-8?,15-9+. The Kier molecular flexibility index (Phi) is 7.85. The van der Waals surface area contributed by atoms with Gasteiger partial charge in [-0.05, 0) is 37.7 Å². The second-order valence-electron chi connectivity index (χ2n) is 5.65. The van der Waals surface area contributed by atoms with E-state index in [4.69, 9.17) is 4.74 Å². The summed E-state index contributed by atoms with van der Waals surface area (Å²) in [5.41, 5.74) is 1.02. The Morgan fingerprint density at radius 2 is 2.29 bits per heavy atom. The maximum absolute atomic E-state index is 11.8. The van der Waals surface area contributed by atoms with Crippen LogP contribution in [0.15, 0.2) is 23.8 Å². The minimum Gasteiger partial charge on any atom is -0.465 e. The first kappa shape index (κ1) is 17.5.